The van der Waals surface area contributed by atoms with Crippen molar-refractivity contribution < 1.29 is 9.59 Å². The first-order valence-electron chi connectivity index (χ1n) is 13.0. The molecule has 1 aliphatic rings. The summed E-state index contributed by atoms with van der Waals surface area (Å²) >= 11 is 0. The second kappa shape index (κ2) is 12.8. The third kappa shape index (κ3) is 6.44. The highest BCUT2D eigenvalue weighted by Crippen LogP contribution is 2.25. The first kappa shape index (κ1) is 27.4. The van der Waals surface area contributed by atoms with Crippen molar-refractivity contribution in [3.63, 3.8) is 0 Å². The van der Waals surface area contributed by atoms with Crippen molar-refractivity contribution in [1.29, 1.82) is 0 Å². The van der Waals surface area contributed by atoms with E-state index in [-0.39, 0.29) is 30.3 Å². The van der Waals surface area contributed by atoms with Gasteiger partial charge >= 0.3 is 0 Å². The van der Waals surface area contributed by atoms with Crippen molar-refractivity contribution in [2.75, 3.05) is 26.7 Å². The molecule has 7 heteroatoms. The van der Waals surface area contributed by atoms with Crippen LogP contribution >= 0.6 is 12.4 Å². The highest BCUT2D eigenvalue weighted by molar-refractivity contribution is 6.07. The van der Waals surface area contributed by atoms with E-state index in [4.69, 9.17) is 0 Å². The van der Waals surface area contributed by atoms with Crippen LogP contribution in [0.5, 0.6) is 0 Å². The Kier molecular flexibility index (Phi) is 9.21. The zero-order valence-electron chi connectivity index (χ0n) is 21.8. The van der Waals surface area contributed by atoms with Crippen LogP contribution in [0.25, 0.3) is 10.9 Å². The number of likely N-dealkylation sites (tertiary alicyclic amines) is 1. The summed E-state index contributed by atoms with van der Waals surface area (Å²) in [6.45, 7) is 3.01. The first-order valence-corrected chi connectivity index (χ1v) is 13.0. The van der Waals surface area contributed by atoms with E-state index in [0.29, 0.717) is 26.2 Å². The summed E-state index contributed by atoms with van der Waals surface area (Å²) < 4.78 is 2.17. The van der Waals surface area contributed by atoms with Crippen LogP contribution in [-0.2, 0) is 17.9 Å². The maximum atomic E-state index is 13.6. The molecule has 198 valence electrons. The molecule has 5 rings (SSSR count). The molecule has 1 N–H and O–H groups in total. The summed E-state index contributed by atoms with van der Waals surface area (Å²) in [5.74, 6) is 0.112. The molecule has 38 heavy (non-hydrogen) atoms. The van der Waals surface area contributed by atoms with Gasteiger partial charge in [0.2, 0.25) is 5.91 Å². The number of rotatable bonds is 8. The van der Waals surface area contributed by atoms with Gasteiger partial charge in [0.05, 0.1) is 12.1 Å². The Morgan fingerprint density at radius 2 is 1.47 bits per heavy atom. The van der Waals surface area contributed by atoms with Crippen LogP contribution in [0.4, 0.5) is 0 Å². The Hall–Kier alpha value is -3.61. The summed E-state index contributed by atoms with van der Waals surface area (Å²) in [6.07, 6.45) is 3.73. The number of carbonyl (C=O) groups excluding carboxylic acids is 2. The minimum atomic E-state index is 0. The number of aromatic nitrogens is 1. The lowest BCUT2D eigenvalue weighted by atomic mass is 10.0. The predicted molar refractivity (Wildman–Crippen MR) is 155 cm³/mol. The molecule has 3 aromatic carbocycles. The lowest BCUT2D eigenvalue weighted by Gasteiger charge is -2.36. The standard InChI is InChI=1S/C31H34N4O2.ClH/c1-33(23-30(36)32-20-24-10-4-2-5-11-24)26-16-18-34(19-17-26)31(37)28-22-35(21-25-12-6-3-7-13-25)29-15-9-8-14-27(28)29;/h2-15,22,26H,16-21,23H2,1H3,(H,32,36);1H. The summed E-state index contributed by atoms with van der Waals surface area (Å²) in [5, 5.41) is 4.00. The molecule has 0 spiro atoms. The van der Waals surface area contributed by atoms with Gasteiger partial charge in [-0.05, 0) is 37.1 Å². The molecule has 0 aliphatic carbocycles. The third-order valence-corrected chi connectivity index (χ3v) is 7.32. The number of nitrogens with one attached hydrogen (secondary N) is 1. The fourth-order valence-electron chi connectivity index (χ4n) is 5.22. The summed E-state index contributed by atoms with van der Waals surface area (Å²) in [5.41, 5.74) is 4.14. The molecule has 0 saturated carbocycles. The van der Waals surface area contributed by atoms with Crippen LogP contribution in [0.3, 0.4) is 0 Å². The van der Waals surface area contributed by atoms with Gasteiger partial charge in [-0.3, -0.25) is 14.5 Å². The molecular weight excluding hydrogens is 496 g/mol. The number of nitrogens with zero attached hydrogens (tertiary/aromatic N) is 3. The van der Waals surface area contributed by atoms with Gasteiger partial charge in [0.25, 0.3) is 5.91 Å². The van der Waals surface area contributed by atoms with Gasteiger partial charge in [0.15, 0.2) is 0 Å². The molecule has 0 bridgehead atoms. The van der Waals surface area contributed by atoms with Crippen LogP contribution in [0.1, 0.15) is 34.3 Å². The number of hydrogen-bond donors (Lipinski definition) is 1. The molecule has 6 nitrogen and oxygen atoms in total. The lowest BCUT2D eigenvalue weighted by molar-refractivity contribution is -0.122. The normalized spacial score (nSPS) is 13.9. The number of hydrogen-bond acceptors (Lipinski definition) is 3. The fourth-order valence-corrected chi connectivity index (χ4v) is 5.22. The van der Waals surface area contributed by atoms with Crippen molar-refractivity contribution in [3.8, 4) is 0 Å². The molecule has 1 aromatic heterocycles. The van der Waals surface area contributed by atoms with Crippen molar-refractivity contribution in [2.45, 2.75) is 32.0 Å². The van der Waals surface area contributed by atoms with Crippen LogP contribution in [0, 0.1) is 0 Å². The van der Waals surface area contributed by atoms with Gasteiger partial charge in [-0.15, -0.1) is 12.4 Å². The Morgan fingerprint density at radius 3 is 2.16 bits per heavy atom. The monoisotopic (exact) mass is 530 g/mol. The number of likely N-dealkylation sites (N-methyl/N-ethyl adjacent to an activating group) is 1. The van der Waals surface area contributed by atoms with Gasteiger partial charge in [0, 0.05) is 49.3 Å². The Labute approximate surface area is 230 Å². The van der Waals surface area contributed by atoms with E-state index in [1.54, 1.807) is 0 Å². The summed E-state index contributed by atoms with van der Waals surface area (Å²) in [6, 6.07) is 28.7. The molecule has 1 fully saturated rings. The smallest absolute Gasteiger partial charge is 0.256 e. The van der Waals surface area contributed by atoms with Gasteiger partial charge in [-0.2, -0.15) is 0 Å². The van der Waals surface area contributed by atoms with Gasteiger partial charge in [0.1, 0.15) is 0 Å². The number of para-hydroxylation sites is 1. The van der Waals surface area contributed by atoms with Crippen LogP contribution in [0.15, 0.2) is 91.1 Å². The Morgan fingerprint density at radius 1 is 0.868 bits per heavy atom. The van der Waals surface area contributed by atoms with E-state index in [1.807, 2.05) is 84.9 Å². The number of halogens is 1. The predicted octanol–water partition coefficient (Wildman–Crippen LogP) is 4.96. The molecule has 0 unspecified atom stereocenters. The molecule has 1 aliphatic heterocycles. The largest absolute Gasteiger partial charge is 0.351 e. The van der Waals surface area contributed by atoms with Gasteiger partial charge in [-0.25, -0.2) is 0 Å². The molecule has 1 saturated heterocycles. The average molecular weight is 531 g/mol. The second-order valence-electron chi connectivity index (χ2n) is 9.87. The maximum Gasteiger partial charge on any atom is 0.256 e. The van der Waals surface area contributed by atoms with Gasteiger partial charge in [-0.1, -0.05) is 78.9 Å². The minimum Gasteiger partial charge on any atom is -0.351 e. The van der Waals surface area contributed by atoms with Gasteiger partial charge < -0.3 is 14.8 Å². The molecular formula is C31H35ClN4O2. The minimum absolute atomic E-state index is 0. The van der Waals surface area contributed by atoms with Crippen molar-refractivity contribution in [3.05, 3.63) is 108 Å². The Bertz CT molecular complexity index is 1350. The zero-order chi connectivity index (χ0) is 25.6. The highest BCUT2D eigenvalue weighted by Gasteiger charge is 2.28. The van der Waals surface area contributed by atoms with E-state index in [1.165, 1.54) is 5.56 Å². The molecule has 0 radical (unpaired) electrons. The molecule has 4 aromatic rings. The quantitative estimate of drug-likeness (QED) is 0.350. The molecule has 2 amide bonds. The maximum absolute atomic E-state index is 13.6. The summed E-state index contributed by atoms with van der Waals surface area (Å²) in [4.78, 5) is 30.1. The van der Waals surface area contributed by atoms with E-state index < -0.39 is 0 Å². The second-order valence-corrected chi connectivity index (χ2v) is 9.87. The number of amides is 2. The highest BCUT2D eigenvalue weighted by atomic mass is 35.5. The van der Waals surface area contributed by atoms with E-state index >= 15 is 0 Å². The van der Waals surface area contributed by atoms with Crippen LogP contribution < -0.4 is 5.32 Å². The van der Waals surface area contributed by atoms with Crippen molar-refractivity contribution >= 4 is 35.1 Å². The Balaban J connectivity index is 0.00000336. The van der Waals surface area contributed by atoms with Crippen molar-refractivity contribution in [2.24, 2.45) is 0 Å². The average Bonchev–Trinajstić information content (AvgIpc) is 3.31. The number of benzene rings is 3. The zero-order valence-corrected chi connectivity index (χ0v) is 22.6. The number of piperidine rings is 1. The van der Waals surface area contributed by atoms with Crippen molar-refractivity contribution in [1.82, 2.24) is 19.7 Å². The van der Waals surface area contributed by atoms with Crippen LogP contribution in [-0.4, -0.2) is 58.9 Å². The molecule has 2 heterocycles. The third-order valence-electron chi connectivity index (χ3n) is 7.32. The van der Waals surface area contributed by atoms with E-state index in [0.717, 1.165) is 41.4 Å². The van der Waals surface area contributed by atoms with Crippen LogP contribution in [0.2, 0.25) is 0 Å². The van der Waals surface area contributed by atoms with E-state index in [2.05, 4.69) is 33.0 Å². The first-order chi connectivity index (χ1) is 18.1. The molecule has 0 atom stereocenters. The number of fused-ring (bicyclic) bond motifs is 1. The van der Waals surface area contributed by atoms with E-state index in [9.17, 15) is 9.59 Å². The SMILES string of the molecule is CN(CC(=O)NCc1ccccc1)C1CCN(C(=O)c2cn(Cc3ccccc3)c3ccccc23)CC1.Cl. The fraction of sp³-hybridized carbons (Fsp3) is 0.290. The topological polar surface area (TPSA) is 57.6 Å². The lowest BCUT2D eigenvalue weighted by Crippen LogP contribution is -2.47. The number of carbonyl (C=O) groups is 2. The summed E-state index contributed by atoms with van der Waals surface area (Å²) in [7, 11) is 2.00.